The Bertz CT molecular complexity index is 490. The van der Waals surface area contributed by atoms with Gasteiger partial charge < -0.3 is 4.74 Å². The van der Waals surface area contributed by atoms with Crippen LogP contribution in [-0.4, -0.2) is 7.11 Å². The van der Waals surface area contributed by atoms with Gasteiger partial charge in [0.2, 0.25) is 0 Å². The van der Waals surface area contributed by atoms with E-state index in [9.17, 15) is 13.2 Å². The molecule has 110 valence electrons. The second kappa shape index (κ2) is 6.16. The van der Waals surface area contributed by atoms with E-state index in [4.69, 9.17) is 4.74 Å². The van der Waals surface area contributed by atoms with Crippen LogP contribution >= 0.6 is 0 Å². The number of hydrogen-bond donors (Lipinski definition) is 0. The Labute approximate surface area is 117 Å². The van der Waals surface area contributed by atoms with E-state index in [-0.39, 0.29) is 0 Å². The van der Waals surface area contributed by atoms with Crippen molar-refractivity contribution in [2.45, 2.75) is 32.9 Å². The number of allylic oxidation sites excluding steroid dienone is 2. The van der Waals surface area contributed by atoms with Crippen molar-refractivity contribution in [2.75, 3.05) is 7.11 Å². The summed E-state index contributed by atoms with van der Waals surface area (Å²) in [5, 5.41) is 0. The number of halogens is 3. The molecule has 0 spiro atoms. The Morgan fingerprint density at radius 2 is 1.45 bits per heavy atom. The number of benzene rings is 1. The van der Waals surface area contributed by atoms with Crippen LogP contribution in [0.2, 0.25) is 0 Å². The predicted octanol–water partition coefficient (Wildman–Crippen LogP) is 4.95. The van der Waals surface area contributed by atoms with Crippen molar-refractivity contribution in [1.29, 1.82) is 0 Å². The molecule has 0 aliphatic carbocycles. The van der Waals surface area contributed by atoms with Crippen molar-refractivity contribution in [3.63, 3.8) is 0 Å². The summed E-state index contributed by atoms with van der Waals surface area (Å²) in [7, 11) is 1.46. The maximum atomic E-state index is 13.0. The fraction of sp³-hybridized carbons (Fsp3) is 0.375. The number of hydrogen-bond acceptors (Lipinski definition) is 1. The standard InChI is InChI=1S/C16H19F3O/c1-10(2)6-12-8-14(16(17,18)19)9-13(7-11(3)4)15(12)20-5/h8-9H,1,3,6-7H2,2,4-5H3. The number of rotatable bonds is 5. The highest BCUT2D eigenvalue weighted by molar-refractivity contribution is 5.48. The summed E-state index contributed by atoms with van der Waals surface area (Å²) in [6.45, 7) is 11.1. The second-order valence-electron chi connectivity index (χ2n) is 5.09. The molecule has 4 heteroatoms. The first-order valence-electron chi connectivity index (χ1n) is 6.21. The molecule has 0 aliphatic heterocycles. The molecular formula is C16H19F3O. The van der Waals surface area contributed by atoms with Gasteiger partial charge in [-0.25, -0.2) is 0 Å². The molecule has 0 bridgehead atoms. The Morgan fingerprint density at radius 1 is 1.05 bits per heavy atom. The van der Waals surface area contributed by atoms with Crippen LogP contribution in [0.1, 0.15) is 30.5 Å². The van der Waals surface area contributed by atoms with Gasteiger partial charge in [-0.1, -0.05) is 24.3 Å². The van der Waals surface area contributed by atoms with Gasteiger partial charge in [0, 0.05) is 0 Å². The summed E-state index contributed by atoms with van der Waals surface area (Å²) < 4.78 is 44.2. The third-order valence-corrected chi connectivity index (χ3v) is 2.76. The van der Waals surface area contributed by atoms with E-state index in [0.717, 1.165) is 23.3 Å². The summed E-state index contributed by atoms with van der Waals surface area (Å²) >= 11 is 0. The highest BCUT2D eigenvalue weighted by atomic mass is 19.4. The third kappa shape index (κ3) is 4.15. The molecule has 0 saturated carbocycles. The molecule has 0 atom stereocenters. The Kier molecular flexibility index (Phi) is 5.03. The van der Waals surface area contributed by atoms with Crippen LogP contribution in [-0.2, 0) is 19.0 Å². The SMILES string of the molecule is C=C(C)Cc1cc(C(F)(F)F)cc(CC(=C)C)c1OC. The van der Waals surface area contributed by atoms with Crippen molar-refractivity contribution >= 4 is 0 Å². The van der Waals surface area contributed by atoms with Crippen LogP contribution in [0.5, 0.6) is 5.75 Å². The summed E-state index contributed by atoms with van der Waals surface area (Å²) in [4.78, 5) is 0. The molecule has 0 unspecified atom stereocenters. The van der Waals surface area contributed by atoms with E-state index in [1.807, 2.05) is 0 Å². The van der Waals surface area contributed by atoms with Crippen LogP contribution in [0.3, 0.4) is 0 Å². The predicted molar refractivity (Wildman–Crippen MR) is 75.0 cm³/mol. The maximum absolute atomic E-state index is 13.0. The topological polar surface area (TPSA) is 9.23 Å². The van der Waals surface area contributed by atoms with Crippen molar-refractivity contribution in [2.24, 2.45) is 0 Å². The minimum Gasteiger partial charge on any atom is -0.496 e. The van der Waals surface area contributed by atoms with Gasteiger partial charge in [0.25, 0.3) is 0 Å². The summed E-state index contributed by atoms with van der Waals surface area (Å²) in [6.07, 6.45) is -3.66. The normalized spacial score (nSPS) is 11.3. The van der Waals surface area contributed by atoms with Gasteiger partial charge in [0.15, 0.2) is 0 Å². The lowest BCUT2D eigenvalue weighted by Gasteiger charge is -2.17. The fourth-order valence-electron chi connectivity index (χ4n) is 2.09. The highest BCUT2D eigenvalue weighted by Crippen LogP contribution is 2.36. The fourth-order valence-corrected chi connectivity index (χ4v) is 2.09. The van der Waals surface area contributed by atoms with Gasteiger partial charge >= 0.3 is 6.18 Å². The molecule has 1 nitrogen and oxygen atoms in total. The minimum atomic E-state index is -4.38. The molecule has 1 aromatic carbocycles. The molecule has 0 fully saturated rings. The lowest BCUT2D eigenvalue weighted by atomic mass is 9.96. The van der Waals surface area contributed by atoms with E-state index in [2.05, 4.69) is 13.2 Å². The molecule has 0 aromatic heterocycles. The molecule has 0 heterocycles. The van der Waals surface area contributed by atoms with Crippen LogP contribution in [0.25, 0.3) is 0 Å². The van der Waals surface area contributed by atoms with E-state index in [1.165, 1.54) is 7.11 Å². The molecular weight excluding hydrogens is 265 g/mol. The van der Waals surface area contributed by atoms with E-state index in [0.29, 0.717) is 29.7 Å². The number of alkyl halides is 3. The summed E-state index contributed by atoms with van der Waals surface area (Å²) in [5.74, 6) is 0.490. The third-order valence-electron chi connectivity index (χ3n) is 2.76. The first-order valence-corrected chi connectivity index (χ1v) is 6.21. The average Bonchev–Trinajstić information content (AvgIpc) is 2.25. The van der Waals surface area contributed by atoms with Crippen molar-refractivity contribution in [1.82, 2.24) is 0 Å². The van der Waals surface area contributed by atoms with Crippen LogP contribution in [0, 0.1) is 0 Å². The Hall–Kier alpha value is -1.71. The highest BCUT2D eigenvalue weighted by Gasteiger charge is 2.32. The zero-order valence-corrected chi connectivity index (χ0v) is 12.0. The van der Waals surface area contributed by atoms with Gasteiger partial charge in [-0.3, -0.25) is 0 Å². The van der Waals surface area contributed by atoms with Crippen molar-refractivity contribution < 1.29 is 17.9 Å². The molecule has 0 N–H and O–H groups in total. The Morgan fingerprint density at radius 3 is 1.70 bits per heavy atom. The lowest BCUT2D eigenvalue weighted by molar-refractivity contribution is -0.137. The minimum absolute atomic E-state index is 0.357. The van der Waals surface area contributed by atoms with Crippen molar-refractivity contribution in [3.05, 3.63) is 53.1 Å². The van der Waals surface area contributed by atoms with Gasteiger partial charge in [-0.05, 0) is 49.9 Å². The molecule has 0 aliphatic rings. The van der Waals surface area contributed by atoms with Gasteiger partial charge in [0.05, 0.1) is 12.7 Å². The molecule has 1 rings (SSSR count). The van der Waals surface area contributed by atoms with Gasteiger partial charge in [0.1, 0.15) is 5.75 Å². The number of methoxy groups -OCH3 is 1. The monoisotopic (exact) mass is 284 g/mol. The maximum Gasteiger partial charge on any atom is 0.416 e. The van der Waals surface area contributed by atoms with E-state index in [1.54, 1.807) is 13.8 Å². The zero-order valence-electron chi connectivity index (χ0n) is 12.0. The van der Waals surface area contributed by atoms with Gasteiger partial charge in [-0.2, -0.15) is 13.2 Å². The molecule has 0 radical (unpaired) electrons. The largest absolute Gasteiger partial charge is 0.496 e. The zero-order chi connectivity index (χ0) is 15.5. The van der Waals surface area contributed by atoms with E-state index >= 15 is 0 Å². The second-order valence-corrected chi connectivity index (χ2v) is 5.09. The van der Waals surface area contributed by atoms with E-state index < -0.39 is 11.7 Å². The quantitative estimate of drug-likeness (QED) is 0.695. The van der Waals surface area contributed by atoms with Crippen LogP contribution in [0.15, 0.2) is 36.4 Å². The first-order chi connectivity index (χ1) is 9.15. The summed E-state index contributed by atoms with van der Waals surface area (Å²) in [5.41, 5.74) is 1.91. The van der Waals surface area contributed by atoms with Crippen molar-refractivity contribution in [3.8, 4) is 5.75 Å². The van der Waals surface area contributed by atoms with Gasteiger partial charge in [-0.15, -0.1) is 0 Å². The molecule has 0 saturated heterocycles. The lowest BCUT2D eigenvalue weighted by Crippen LogP contribution is -2.09. The molecule has 20 heavy (non-hydrogen) atoms. The smallest absolute Gasteiger partial charge is 0.416 e. The Balaban J connectivity index is 3.46. The molecule has 0 amide bonds. The number of ether oxygens (including phenoxy) is 1. The first kappa shape index (κ1) is 16.3. The summed E-state index contributed by atoms with van der Waals surface area (Å²) in [6, 6.07) is 2.27. The van der Waals surface area contributed by atoms with Crippen LogP contribution < -0.4 is 4.74 Å². The van der Waals surface area contributed by atoms with Crippen LogP contribution in [0.4, 0.5) is 13.2 Å². The molecule has 1 aromatic rings. The average molecular weight is 284 g/mol.